The van der Waals surface area contributed by atoms with E-state index in [0.717, 1.165) is 32.5 Å². The molecule has 0 radical (unpaired) electrons. The highest BCUT2D eigenvalue weighted by molar-refractivity contribution is 7.99. The normalized spacial score (nSPS) is 22.7. The van der Waals surface area contributed by atoms with Gasteiger partial charge in [-0.1, -0.05) is 6.92 Å². The maximum Gasteiger partial charge on any atom is 0.224 e. The number of hydrogen-bond donors (Lipinski definition) is 2. The first-order chi connectivity index (χ1) is 6.74. The number of thioether (sulfide) groups is 1. The summed E-state index contributed by atoms with van der Waals surface area (Å²) in [6.45, 7) is 4.82. The minimum Gasteiger partial charge on any atom is -0.355 e. The average molecular weight is 253 g/mol. The third kappa shape index (κ3) is 5.64. The van der Waals surface area contributed by atoms with Crippen LogP contribution in [0.15, 0.2) is 0 Å². The molecule has 1 unspecified atom stereocenters. The van der Waals surface area contributed by atoms with Gasteiger partial charge in [0.15, 0.2) is 0 Å². The Kier molecular flexibility index (Phi) is 8.29. The zero-order chi connectivity index (χ0) is 10.4. The Labute approximate surface area is 103 Å². The summed E-state index contributed by atoms with van der Waals surface area (Å²) in [4.78, 5) is 11.7. The molecule has 0 aromatic heterocycles. The Hall–Kier alpha value is 0.0700. The average Bonchev–Trinajstić information content (AvgIpc) is 2.26. The number of nitrogens with one attached hydrogen (secondary N) is 2. The van der Waals surface area contributed by atoms with Crippen LogP contribution in [0.5, 0.6) is 0 Å². The number of amides is 1. The molecule has 2 atom stereocenters. The number of carbonyl (C=O) groups is 1. The number of halogens is 1. The molecule has 1 amide bonds. The predicted molar refractivity (Wildman–Crippen MR) is 68.8 cm³/mol. The van der Waals surface area contributed by atoms with Gasteiger partial charge >= 0.3 is 0 Å². The maximum atomic E-state index is 11.7. The molecule has 1 rings (SSSR count). The molecule has 1 fully saturated rings. The lowest BCUT2D eigenvalue weighted by atomic mass is 9.99. The van der Waals surface area contributed by atoms with E-state index in [4.69, 9.17) is 0 Å². The largest absolute Gasteiger partial charge is 0.355 e. The second kappa shape index (κ2) is 8.25. The van der Waals surface area contributed by atoms with E-state index in [1.165, 1.54) is 0 Å². The van der Waals surface area contributed by atoms with Gasteiger partial charge in [0, 0.05) is 18.3 Å². The van der Waals surface area contributed by atoms with Crippen LogP contribution in [0.1, 0.15) is 19.8 Å². The molecule has 0 spiro atoms. The Morgan fingerprint density at radius 2 is 2.40 bits per heavy atom. The van der Waals surface area contributed by atoms with Crippen molar-refractivity contribution in [3.63, 3.8) is 0 Å². The molecule has 2 N–H and O–H groups in total. The van der Waals surface area contributed by atoms with Gasteiger partial charge in [0.1, 0.15) is 0 Å². The van der Waals surface area contributed by atoms with E-state index >= 15 is 0 Å². The van der Waals surface area contributed by atoms with Crippen LogP contribution in [-0.4, -0.2) is 37.0 Å². The number of rotatable bonds is 4. The van der Waals surface area contributed by atoms with Crippen molar-refractivity contribution in [2.45, 2.75) is 25.0 Å². The Morgan fingerprint density at radius 3 is 2.93 bits per heavy atom. The van der Waals surface area contributed by atoms with Gasteiger partial charge in [-0.3, -0.25) is 4.79 Å². The van der Waals surface area contributed by atoms with Gasteiger partial charge in [-0.25, -0.2) is 0 Å². The molecule has 0 aromatic rings. The van der Waals surface area contributed by atoms with Crippen LogP contribution in [0.2, 0.25) is 0 Å². The number of carbonyl (C=O) groups excluding carboxylic acids is 1. The van der Waals surface area contributed by atoms with Crippen molar-refractivity contribution in [2.75, 3.05) is 25.9 Å². The fourth-order valence-electron chi connectivity index (χ4n) is 1.55. The first-order valence-electron chi connectivity index (χ1n) is 5.25. The van der Waals surface area contributed by atoms with Crippen LogP contribution in [0.4, 0.5) is 0 Å². The lowest BCUT2D eigenvalue weighted by Gasteiger charge is -2.22. The molecule has 0 bridgehead atoms. The third-order valence-corrected chi connectivity index (χ3v) is 3.61. The topological polar surface area (TPSA) is 41.1 Å². The SMILES string of the molecule is CSC(C)CNC(=O)[C@@H]1CCCNC1.Cl. The van der Waals surface area contributed by atoms with Crippen molar-refractivity contribution in [3.8, 4) is 0 Å². The molecule has 1 heterocycles. The Bertz CT molecular complexity index is 186. The maximum absolute atomic E-state index is 11.7. The standard InChI is InChI=1S/C10H20N2OS.ClH/c1-8(14-2)6-12-10(13)9-4-3-5-11-7-9;/h8-9,11H,3-7H2,1-2H3,(H,12,13);1H/t8?,9-;/m1./s1. The van der Waals surface area contributed by atoms with E-state index in [1.807, 2.05) is 0 Å². The summed E-state index contributed by atoms with van der Waals surface area (Å²) in [5.41, 5.74) is 0. The van der Waals surface area contributed by atoms with Gasteiger partial charge in [0.2, 0.25) is 5.91 Å². The molecule has 15 heavy (non-hydrogen) atoms. The summed E-state index contributed by atoms with van der Waals surface area (Å²) in [5.74, 6) is 0.413. The molecular formula is C10H21ClN2OS. The van der Waals surface area contributed by atoms with Crippen LogP contribution in [0, 0.1) is 5.92 Å². The molecule has 0 saturated carbocycles. The number of hydrogen-bond acceptors (Lipinski definition) is 3. The van der Waals surface area contributed by atoms with E-state index in [1.54, 1.807) is 11.8 Å². The summed E-state index contributed by atoms with van der Waals surface area (Å²) in [6.07, 6.45) is 4.22. The van der Waals surface area contributed by atoms with Crippen molar-refractivity contribution < 1.29 is 4.79 Å². The van der Waals surface area contributed by atoms with Crippen LogP contribution in [0.25, 0.3) is 0 Å². The summed E-state index contributed by atoms with van der Waals surface area (Å²) in [5, 5.41) is 6.76. The zero-order valence-corrected chi connectivity index (χ0v) is 11.0. The van der Waals surface area contributed by atoms with E-state index in [0.29, 0.717) is 5.25 Å². The van der Waals surface area contributed by atoms with Gasteiger partial charge in [-0.05, 0) is 25.6 Å². The van der Waals surface area contributed by atoms with Gasteiger partial charge in [-0.15, -0.1) is 12.4 Å². The van der Waals surface area contributed by atoms with Crippen molar-refractivity contribution in [2.24, 2.45) is 5.92 Å². The first kappa shape index (κ1) is 15.1. The minimum absolute atomic E-state index is 0. The molecule has 0 aliphatic carbocycles. The van der Waals surface area contributed by atoms with E-state index < -0.39 is 0 Å². The minimum atomic E-state index is 0. The summed E-state index contributed by atoms with van der Waals surface area (Å²) >= 11 is 1.78. The fraction of sp³-hybridized carbons (Fsp3) is 0.900. The van der Waals surface area contributed by atoms with Crippen molar-refractivity contribution >= 4 is 30.1 Å². The Morgan fingerprint density at radius 1 is 1.67 bits per heavy atom. The fourth-order valence-corrected chi connectivity index (χ4v) is 1.80. The molecule has 1 saturated heterocycles. The lowest BCUT2D eigenvalue weighted by molar-refractivity contribution is -0.125. The van der Waals surface area contributed by atoms with Gasteiger partial charge in [0.05, 0.1) is 5.92 Å². The Balaban J connectivity index is 0.00000196. The zero-order valence-electron chi connectivity index (χ0n) is 9.41. The predicted octanol–water partition coefficient (Wildman–Crippen LogP) is 1.28. The lowest BCUT2D eigenvalue weighted by Crippen LogP contribution is -2.42. The highest BCUT2D eigenvalue weighted by atomic mass is 35.5. The van der Waals surface area contributed by atoms with Gasteiger partial charge in [-0.2, -0.15) is 11.8 Å². The van der Waals surface area contributed by atoms with Crippen molar-refractivity contribution in [1.82, 2.24) is 10.6 Å². The van der Waals surface area contributed by atoms with Crippen LogP contribution in [-0.2, 0) is 4.79 Å². The molecule has 1 aliphatic heterocycles. The molecule has 1 aliphatic rings. The van der Waals surface area contributed by atoms with Crippen LogP contribution in [0.3, 0.4) is 0 Å². The monoisotopic (exact) mass is 252 g/mol. The molecule has 3 nitrogen and oxygen atoms in total. The number of piperidine rings is 1. The van der Waals surface area contributed by atoms with E-state index in [9.17, 15) is 4.79 Å². The van der Waals surface area contributed by atoms with Gasteiger partial charge in [0.25, 0.3) is 0 Å². The molecule has 5 heteroatoms. The molecule has 0 aromatic carbocycles. The summed E-state index contributed by atoms with van der Waals surface area (Å²) in [7, 11) is 0. The second-order valence-electron chi connectivity index (χ2n) is 3.83. The second-order valence-corrected chi connectivity index (χ2v) is 5.11. The molecule has 90 valence electrons. The van der Waals surface area contributed by atoms with Crippen LogP contribution < -0.4 is 10.6 Å². The van der Waals surface area contributed by atoms with Crippen molar-refractivity contribution in [3.05, 3.63) is 0 Å². The highest BCUT2D eigenvalue weighted by Gasteiger charge is 2.20. The van der Waals surface area contributed by atoms with E-state index in [-0.39, 0.29) is 24.2 Å². The smallest absolute Gasteiger partial charge is 0.224 e. The summed E-state index contributed by atoms with van der Waals surface area (Å²) < 4.78 is 0. The third-order valence-electron chi connectivity index (χ3n) is 2.63. The quantitative estimate of drug-likeness (QED) is 0.792. The van der Waals surface area contributed by atoms with E-state index in [2.05, 4.69) is 23.8 Å². The van der Waals surface area contributed by atoms with Crippen LogP contribution >= 0.6 is 24.2 Å². The van der Waals surface area contributed by atoms with Gasteiger partial charge < -0.3 is 10.6 Å². The van der Waals surface area contributed by atoms with Crippen molar-refractivity contribution in [1.29, 1.82) is 0 Å². The highest BCUT2D eigenvalue weighted by Crippen LogP contribution is 2.10. The summed E-state index contributed by atoms with van der Waals surface area (Å²) in [6, 6.07) is 0. The first-order valence-corrected chi connectivity index (χ1v) is 6.54. The molecular weight excluding hydrogens is 232 g/mol.